The Kier molecular flexibility index (Phi) is 13.0. The standard InChI is InChI=1S/2C6H8O7.Ag/c2*7-3(8)1-6(13,5(11)12)2-4(9)10;/h2*13H,1-2H2,(H,7,8)(H,9,10)(H,11,12);/p-3. The zero-order valence-electron chi connectivity index (χ0n) is 13.0. The van der Waals surface area contributed by atoms with Crippen LogP contribution in [0.15, 0.2) is 0 Å². The van der Waals surface area contributed by atoms with Crippen molar-refractivity contribution >= 4 is 35.8 Å². The van der Waals surface area contributed by atoms with E-state index < -0.39 is 72.7 Å². The van der Waals surface area contributed by atoms with Crippen molar-refractivity contribution in [1.29, 1.82) is 0 Å². The van der Waals surface area contributed by atoms with E-state index in [1.807, 2.05) is 0 Å². The van der Waals surface area contributed by atoms with Gasteiger partial charge >= 0.3 is 17.9 Å². The van der Waals surface area contributed by atoms with Gasteiger partial charge in [-0.25, -0.2) is 4.79 Å². The van der Waals surface area contributed by atoms with Crippen LogP contribution in [-0.4, -0.2) is 72.6 Å². The quantitative estimate of drug-likeness (QED) is 0.179. The normalized spacial score (nSPS) is 10.4. The van der Waals surface area contributed by atoms with Crippen molar-refractivity contribution < 1.29 is 92.0 Å². The van der Waals surface area contributed by atoms with E-state index in [1.54, 1.807) is 0 Å². The van der Waals surface area contributed by atoms with Gasteiger partial charge in [-0.2, -0.15) is 0 Å². The molecule has 0 aliphatic carbocycles. The molecule has 0 aliphatic heterocycles. The smallest absolute Gasteiger partial charge is 0.336 e. The summed E-state index contributed by atoms with van der Waals surface area (Å²) in [5.74, 6) is -11.0. The minimum absolute atomic E-state index is 0. The molecule has 0 aromatic carbocycles. The molecule has 0 fully saturated rings. The number of hydrogen-bond donors (Lipinski definition) is 5. The number of rotatable bonds is 10. The molecule has 15 heteroatoms. The van der Waals surface area contributed by atoms with Crippen LogP contribution >= 0.6 is 0 Å². The molecule has 0 bridgehead atoms. The van der Waals surface area contributed by atoms with E-state index in [2.05, 4.69) is 0 Å². The third-order valence-electron chi connectivity index (χ3n) is 2.54. The van der Waals surface area contributed by atoms with E-state index in [0.717, 1.165) is 0 Å². The van der Waals surface area contributed by atoms with E-state index in [4.69, 9.17) is 25.5 Å². The zero-order chi connectivity index (χ0) is 21.3. The Hall–Kier alpha value is -2.52. The summed E-state index contributed by atoms with van der Waals surface area (Å²) in [7, 11) is 0. The predicted octanol–water partition coefficient (Wildman–Crippen LogP) is -6.50. The fraction of sp³-hybridized carbons (Fsp3) is 0.500. The Morgan fingerprint density at radius 1 is 0.630 bits per heavy atom. The van der Waals surface area contributed by atoms with Gasteiger partial charge < -0.3 is 55.2 Å². The third-order valence-corrected chi connectivity index (χ3v) is 2.54. The average Bonchev–Trinajstić information content (AvgIpc) is 2.34. The Bertz CT molecular complexity index is 513. The molecule has 0 aromatic heterocycles. The summed E-state index contributed by atoms with van der Waals surface area (Å²) < 4.78 is 0. The van der Waals surface area contributed by atoms with Crippen LogP contribution in [0.1, 0.15) is 25.7 Å². The molecule has 0 saturated heterocycles. The molecule has 0 amide bonds. The van der Waals surface area contributed by atoms with Gasteiger partial charge in [-0.3, -0.25) is 9.59 Å². The second-order valence-electron chi connectivity index (χ2n) is 4.89. The first-order valence-corrected chi connectivity index (χ1v) is 6.28. The van der Waals surface area contributed by atoms with Crippen molar-refractivity contribution in [3.8, 4) is 0 Å². The van der Waals surface area contributed by atoms with E-state index in [1.165, 1.54) is 0 Å². The van der Waals surface area contributed by atoms with Crippen LogP contribution in [0.5, 0.6) is 0 Å². The maximum absolute atomic E-state index is 10.3. The number of aliphatic carboxylic acids is 6. The van der Waals surface area contributed by atoms with Gasteiger partial charge in [0.05, 0.1) is 18.8 Å². The van der Waals surface area contributed by atoms with Gasteiger partial charge in [0.1, 0.15) is 5.60 Å². The summed E-state index contributed by atoms with van der Waals surface area (Å²) >= 11 is 0. The molecule has 159 valence electrons. The number of hydrogen-bond acceptors (Lipinski definition) is 11. The number of carbonyl (C=O) groups is 6. The molecule has 0 spiro atoms. The van der Waals surface area contributed by atoms with Gasteiger partial charge in [0.25, 0.3) is 0 Å². The van der Waals surface area contributed by atoms with Crippen LogP contribution in [-0.2, 0) is 51.1 Å². The maximum atomic E-state index is 10.3. The minimum atomic E-state index is -2.97. The Balaban J connectivity index is -0.000000411. The number of carbonyl (C=O) groups excluding carboxylic acids is 3. The van der Waals surface area contributed by atoms with Crippen LogP contribution in [0.3, 0.4) is 0 Å². The molecular formula is C12H13AgO14-3. The zero-order valence-corrected chi connectivity index (χ0v) is 14.5. The van der Waals surface area contributed by atoms with Crippen LogP contribution < -0.4 is 15.3 Å². The van der Waals surface area contributed by atoms with Crippen molar-refractivity contribution in [2.75, 3.05) is 0 Å². The molecule has 0 rings (SSSR count). The summed E-state index contributed by atoms with van der Waals surface area (Å²) in [5.41, 5.74) is -5.71. The summed E-state index contributed by atoms with van der Waals surface area (Å²) in [6, 6.07) is 0. The minimum Gasteiger partial charge on any atom is -0.550 e. The van der Waals surface area contributed by atoms with E-state index in [0.29, 0.717) is 0 Å². The molecule has 0 saturated carbocycles. The second-order valence-corrected chi connectivity index (χ2v) is 4.89. The van der Waals surface area contributed by atoms with Crippen LogP contribution in [0.4, 0.5) is 0 Å². The molecule has 1 radical (unpaired) electrons. The van der Waals surface area contributed by atoms with Gasteiger partial charge in [-0.05, 0) is 0 Å². The number of aliphatic hydroxyl groups is 2. The fourth-order valence-electron chi connectivity index (χ4n) is 1.40. The number of carboxylic acid groups (broad SMARTS) is 6. The molecule has 0 atom stereocenters. The van der Waals surface area contributed by atoms with Crippen LogP contribution in [0.2, 0.25) is 0 Å². The molecule has 0 heterocycles. The molecule has 27 heavy (non-hydrogen) atoms. The molecule has 14 nitrogen and oxygen atoms in total. The van der Waals surface area contributed by atoms with E-state index >= 15 is 0 Å². The molecule has 0 aliphatic rings. The average molecular weight is 489 g/mol. The van der Waals surface area contributed by atoms with Gasteiger partial charge in [0.2, 0.25) is 0 Å². The number of carboxylic acids is 6. The monoisotopic (exact) mass is 488 g/mol. The van der Waals surface area contributed by atoms with Gasteiger partial charge in [0.15, 0.2) is 5.60 Å². The van der Waals surface area contributed by atoms with Crippen molar-refractivity contribution in [3.05, 3.63) is 0 Å². The van der Waals surface area contributed by atoms with Crippen molar-refractivity contribution in [1.82, 2.24) is 0 Å². The molecule has 5 N–H and O–H groups in total. The van der Waals surface area contributed by atoms with E-state index in [-0.39, 0.29) is 22.4 Å². The molecule has 0 unspecified atom stereocenters. The Labute approximate surface area is 165 Å². The van der Waals surface area contributed by atoms with Crippen molar-refractivity contribution in [2.24, 2.45) is 0 Å². The summed E-state index contributed by atoms with van der Waals surface area (Å²) in [6.07, 6.45) is -5.00. The van der Waals surface area contributed by atoms with Gasteiger partial charge in [-0.1, -0.05) is 0 Å². The predicted molar refractivity (Wildman–Crippen MR) is 66.3 cm³/mol. The first-order valence-electron chi connectivity index (χ1n) is 6.28. The van der Waals surface area contributed by atoms with Crippen LogP contribution in [0, 0.1) is 0 Å². The topological polar surface area (TPSA) is 273 Å². The molecule has 0 aromatic rings. The third kappa shape index (κ3) is 12.5. The van der Waals surface area contributed by atoms with E-state index in [9.17, 15) is 44.1 Å². The first-order chi connectivity index (χ1) is 11.6. The largest absolute Gasteiger partial charge is 0.550 e. The van der Waals surface area contributed by atoms with Crippen molar-refractivity contribution in [2.45, 2.75) is 36.9 Å². The van der Waals surface area contributed by atoms with Gasteiger partial charge in [0, 0.05) is 47.2 Å². The maximum Gasteiger partial charge on any atom is 0.336 e. The van der Waals surface area contributed by atoms with Crippen molar-refractivity contribution in [3.63, 3.8) is 0 Å². The second kappa shape index (κ2) is 12.0. The summed E-state index contributed by atoms with van der Waals surface area (Å²) in [4.78, 5) is 60.5. The Morgan fingerprint density at radius 2 is 0.926 bits per heavy atom. The first kappa shape index (κ1) is 29.3. The Morgan fingerprint density at radius 3 is 1.07 bits per heavy atom. The SMILES string of the molecule is O=C(O)CC(O)(CC(=O)O)C(=O)O.O=C([O-])CC(O)(CC(=O)[O-])C(=O)[O-].[Ag]. The fourth-order valence-corrected chi connectivity index (χ4v) is 1.40. The molecular weight excluding hydrogens is 476 g/mol. The van der Waals surface area contributed by atoms with Crippen LogP contribution in [0.25, 0.3) is 0 Å². The van der Waals surface area contributed by atoms with Gasteiger partial charge in [-0.15, -0.1) is 0 Å². The summed E-state index contributed by atoms with van der Waals surface area (Å²) in [5, 5.41) is 72.7. The summed E-state index contributed by atoms with van der Waals surface area (Å²) in [6.45, 7) is 0.